The number of carbonyl (C=O) groups is 2. The summed E-state index contributed by atoms with van der Waals surface area (Å²) in [5.41, 5.74) is 0.867. The van der Waals surface area contributed by atoms with Crippen molar-refractivity contribution < 1.29 is 22.4 Å². The van der Waals surface area contributed by atoms with Crippen LogP contribution in [-0.4, -0.2) is 44.1 Å². The van der Waals surface area contributed by atoms with E-state index in [1.54, 1.807) is 61.5 Å². The SMILES string of the molecule is CN(C)C(=O)c1ccc(S(=O)(=O)N[C@@H](C(=O)N(Cc2ccco2)Cc2cccs2)c2ccccc2)cc1. The van der Waals surface area contributed by atoms with Gasteiger partial charge in [-0.05, 0) is 53.4 Å². The van der Waals surface area contributed by atoms with E-state index in [0.717, 1.165) is 4.88 Å². The van der Waals surface area contributed by atoms with Gasteiger partial charge in [0.05, 0.1) is 24.2 Å². The van der Waals surface area contributed by atoms with Crippen LogP contribution in [-0.2, 0) is 27.9 Å². The number of thiophene rings is 1. The van der Waals surface area contributed by atoms with Crippen molar-refractivity contribution in [1.82, 2.24) is 14.5 Å². The normalized spacial score (nSPS) is 12.2. The summed E-state index contributed by atoms with van der Waals surface area (Å²) in [7, 11) is -0.876. The number of nitrogens with one attached hydrogen (secondary N) is 1. The van der Waals surface area contributed by atoms with Crippen molar-refractivity contribution >= 4 is 33.2 Å². The third kappa shape index (κ3) is 6.53. The van der Waals surface area contributed by atoms with Crippen molar-refractivity contribution in [3.63, 3.8) is 0 Å². The maximum absolute atomic E-state index is 13.9. The molecule has 0 spiro atoms. The fourth-order valence-corrected chi connectivity index (χ4v) is 5.64. The lowest BCUT2D eigenvalue weighted by molar-refractivity contribution is -0.134. The minimum absolute atomic E-state index is 0.0487. The van der Waals surface area contributed by atoms with E-state index in [1.807, 2.05) is 17.5 Å². The molecule has 2 heterocycles. The Morgan fingerprint density at radius 3 is 2.24 bits per heavy atom. The number of hydrogen-bond donors (Lipinski definition) is 1. The van der Waals surface area contributed by atoms with Gasteiger partial charge in [-0.3, -0.25) is 9.59 Å². The molecule has 0 bridgehead atoms. The number of benzene rings is 2. The zero-order chi connectivity index (χ0) is 26.4. The zero-order valence-corrected chi connectivity index (χ0v) is 22.0. The van der Waals surface area contributed by atoms with Gasteiger partial charge in [0.1, 0.15) is 11.8 Å². The second-order valence-electron chi connectivity index (χ2n) is 8.54. The predicted molar refractivity (Wildman–Crippen MR) is 141 cm³/mol. The van der Waals surface area contributed by atoms with E-state index in [0.29, 0.717) is 23.4 Å². The van der Waals surface area contributed by atoms with Crippen molar-refractivity contribution in [3.8, 4) is 0 Å². The molecule has 2 amide bonds. The number of amides is 2. The lowest BCUT2D eigenvalue weighted by Crippen LogP contribution is -2.42. The van der Waals surface area contributed by atoms with Gasteiger partial charge >= 0.3 is 0 Å². The molecule has 0 aliphatic rings. The molecule has 37 heavy (non-hydrogen) atoms. The Kier molecular flexibility index (Phi) is 8.22. The van der Waals surface area contributed by atoms with E-state index in [4.69, 9.17) is 4.42 Å². The average molecular weight is 538 g/mol. The maximum atomic E-state index is 13.9. The molecule has 2 aromatic carbocycles. The second kappa shape index (κ2) is 11.5. The molecular formula is C27H27N3O5S2. The summed E-state index contributed by atoms with van der Waals surface area (Å²) in [6, 6.07) is 20.5. The Labute approximate surface area is 220 Å². The summed E-state index contributed by atoms with van der Waals surface area (Å²) in [6.07, 6.45) is 1.53. The average Bonchev–Trinajstić information content (AvgIpc) is 3.61. The highest BCUT2D eigenvalue weighted by molar-refractivity contribution is 7.89. The summed E-state index contributed by atoms with van der Waals surface area (Å²) >= 11 is 1.51. The molecule has 1 atom stereocenters. The summed E-state index contributed by atoms with van der Waals surface area (Å²) in [6.45, 7) is 0.472. The standard InChI is InChI=1S/C27H27N3O5S2/c1-29(2)26(31)21-12-14-24(15-13-21)37(33,34)28-25(20-8-4-3-5-9-20)27(32)30(18-22-10-6-16-35-22)19-23-11-7-17-36-23/h3-17,25,28H,18-19H2,1-2H3/t25-/m1/s1. The fraction of sp³-hybridized carbons (Fsp3) is 0.185. The van der Waals surface area contributed by atoms with Crippen LogP contribution in [0, 0.1) is 0 Å². The lowest BCUT2D eigenvalue weighted by Gasteiger charge is -2.27. The topological polar surface area (TPSA) is 99.9 Å². The van der Waals surface area contributed by atoms with E-state index < -0.39 is 22.0 Å². The Balaban J connectivity index is 1.65. The Morgan fingerprint density at radius 2 is 1.65 bits per heavy atom. The first-order valence-electron chi connectivity index (χ1n) is 11.5. The number of sulfonamides is 1. The van der Waals surface area contributed by atoms with E-state index in [1.165, 1.54) is 46.8 Å². The molecule has 0 unspecified atom stereocenters. The van der Waals surface area contributed by atoms with Crippen LogP contribution in [0.3, 0.4) is 0 Å². The molecule has 0 aliphatic heterocycles. The molecule has 0 aliphatic carbocycles. The molecule has 2 aromatic heterocycles. The van der Waals surface area contributed by atoms with Crippen molar-refractivity contribution in [1.29, 1.82) is 0 Å². The number of rotatable bonds is 10. The van der Waals surface area contributed by atoms with E-state index in [9.17, 15) is 18.0 Å². The van der Waals surface area contributed by atoms with Crippen molar-refractivity contribution in [3.05, 3.63) is 112 Å². The van der Waals surface area contributed by atoms with Crippen molar-refractivity contribution in [2.75, 3.05) is 14.1 Å². The quantitative estimate of drug-likeness (QED) is 0.325. The highest BCUT2D eigenvalue weighted by atomic mass is 32.2. The van der Waals surface area contributed by atoms with Crippen LogP contribution in [0.25, 0.3) is 0 Å². The molecule has 1 N–H and O–H groups in total. The molecule has 0 fully saturated rings. The van der Waals surface area contributed by atoms with Gasteiger partial charge in [-0.25, -0.2) is 8.42 Å². The van der Waals surface area contributed by atoms with Gasteiger partial charge in [-0.2, -0.15) is 4.72 Å². The second-order valence-corrected chi connectivity index (χ2v) is 11.3. The van der Waals surface area contributed by atoms with Gasteiger partial charge in [0.15, 0.2) is 0 Å². The van der Waals surface area contributed by atoms with Crippen LogP contribution in [0.1, 0.15) is 32.6 Å². The molecule has 4 rings (SSSR count). The van der Waals surface area contributed by atoms with Crippen LogP contribution < -0.4 is 4.72 Å². The monoisotopic (exact) mass is 537 g/mol. The van der Waals surface area contributed by atoms with Gasteiger partial charge in [-0.15, -0.1) is 11.3 Å². The Bertz CT molecular complexity index is 1380. The number of hydrogen-bond acceptors (Lipinski definition) is 6. The molecular weight excluding hydrogens is 510 g/mol. The third-order valence-electron chi connectivity index (χ3n) is 5.64. The van der Waals surface area contributed by atoms with Gasteiger partial charge < -0.3 is 14.2 Å². The maximum Gasteiger partial charge on any atom is 0.253 e. The first kappa shape index (κ1) is 26.3. The van der Waals surface area contributed by atoms with Crippen LogP contribution in [0.4, 0.5) is 0 Å². The molecule has 10 heteroatoms. The van der Waals surface area contributed by atoms with E-state index in [-0.39, 0.29) is 17.3 Å². The van der Waals surface area contributed by atoms with Crippen LogP contribution in [0.5, 0.6) is 0 Å². The highest BCUT2D eigenvalue weighted by Crippen LogP contribution is 2.24. The Hall–Kier alpha value is -3.73. The summed E-state index contributed by atoms with van der Waals surface area (Å²) in [4.78, 5) is 30.0. The van der Waals surface area contributed by atoms with Crippen LogP contribution in [0.15, 0.2) is 99.8 Å². The van der Waals surface area contributed by atoms with Crippen LogP contribution in [0.2, 0.25) is 0 Å². The number of carbonyl (C=O) groups excluding carboxylic acids is 2. The first-order chi connectivity index (χ1) is 17.7. The van der Waals surface area contributed by atoms with Gasteiger partial charge in [0, 0.05) is 24.5 Å². The third-order valence-corrected chi connectivity index (χ3v) is 7.94. The Morgan fingerprint density at radius 1 is 0.919 bits per heavy atom. The highest BCUT2D eigenvalue weighted by Gasteiger charge is 2.31. The minimum atomic E-state index is -4.12. The largest absolute Gasteiger partial charge is 0.467 e. The minimum Gasteiger partial charge on any atom is -0.467 e. The summed E-state index contributed by atoms with van der Waals surface area (Å²) < 4.78 is 34.9. The molecule has 192 valence electrons. The van der Waals surface area contributed by atoms with Gasteiger partial charge in [0.2, 0.25) is 15.9 Å². The lowest BCUT2D eigenvalue weighted by atomic mass is 10.1. The van der Waals surface area contributed by atoms with E-state index >= 15 is 0 Å². The fourth-order valence-electron chi connectivity index (χ4n) is 3.74. The molecule has 0 saturated carbocycles. The molecule has 8 nitrogen and oxygen atoms in total. The number of nitrogens with zero attached hydrogens (tertiary/aromatic N) is 2. The number of furan rings is 1. The van der Waals surface area contributed by atoms with Crippen LogP contribution >= 0.6 is 11.3 Å². The molecule has 0 radical (unpaired) electrons. The summed E-state index contributed by atoms with van der Waals surface area (Å²) in [5.74, 6) is -0.0731. The van der Waals surface area contributed by atoms with Crippen molar-refractivity contribution in [2.24, 2.45) is 0 Å². The summed E-state index contributed by atoms with van der Waals surface area (Å²) in [5, 5.41) is 1.92. The first-order valence-corrected chi connectivity index (χ1v) is 13.8. The van der Waals surface area contributed by atoms with Crippen molar-refractivity contribution in [2.45, 2.75) is 24.0 Å². The molecule has 4 aromatic rings. The smallest absolute Gasteiger partial charge is 0.253 e. The predicted octanol–water partition coefficient (Wildman–Crippen LogP) is 4.29. The zero-order valence-electron chi connectivity index (χ0n) is 20.4. The van der Waals surface area contributed by atoms with E-state index in [2.05, 4.69) is 4.72 Å². The van der Waals surface area contributed by atoms with Gasteiger partial charge in [-0.1, -0.05) is 36.4 Å². The molecule has 0 saturated heterocycles. The van der Waals surface area contributed by atoms with Gasteiger partial charge in [0.25, 0.3) is 5.91 Å².